The van der Waals surface area contributed by atoms with Crippen LogP contribution in [0.3, 0.4) is 0 Å². The summed E-state index contributed by atoms with van der Waals surface area (Å²) in [7, 11) is 0. The molecule has 1 fully saturated rings. The number of benzene rings is 1. The Morgan fingerprint density at radius 2 is 1.97 bits per heavy atom. The lowest BCUT2D eigenvalue weighted by Gasteiger charge is -2.23. The lowest BCUT2D eigenvalue weighted by atomic mass is 10.1. The SMILES string of the molecule is Cc1c(C(=O)N2CCCC2c2nnc3ccccn23)cnn1-c1cccc(C(F)(F)F)c1. The quantitative estimate of drug-likeness (QED) is 0.478. The Morgan fingerprint density at radius 1 is 1.12 bits per heavy atom. The van der Waals surface area contributed by atoms with Gasteiger partial charge in [-0.25, -0.2) is 4.68 Å². The maximum atomic E-state index is 13.4. The second kappa shape index (κ2) is 7.47. The fourth-order valence-electron chi connectivity index (χ4n) is 4.21. The van der Waals surface area contributed by atoms with Crippen LogP contribution in [0.4, 0.5) is 13.2 Å². The van der Waals surface area contributed by atoms with Crippen molar-refractivity contribution in [1.82, 2.24) is 29.3 Å². The first-order valence-electron chi connectivity index (χ1n) is 10.2. The molecule has 1 saturated heterocycles. The maximum absolute atomic E-state index is 13.4. The van der Waals surface area contributed by atoms with Crippen LogP contribution in [0.1, 0.15) is 46.3 Å². The molecule has 1 unspecified atom stereocenters. The molecule has 164 valence electrons. The Balaban J connectivity index is 1.47. The number of likely N-dealkylation sites (tertiary alicyclic amines) is 1. The molecule has 7 nitrogen and oxygen atoms in total. The number of amides is 1. The highest BCUT2D eigenvalue weighted by Crippen LogP contribution is 2.34. The van der Waals surface area contributed by atoms with Crippen LogP contribution in [0, 0.1) is 6.92 Å². The number of nitrogens with zero attached hydrogens (tertiary/aromatic N) is 6. The monoisotopic (exact) mass is 440 g/mol. The number of carbonyl (C=O) groups is 1. The van der Waals surface area contributed by atoms with E-state index in [9.17, 15) is 18.0 Å². The largest absolute Gasteiger partial charge is 0.416 e. The zero-order chi connectivity index (χ0) is 22.5. The molecule has 0 radical (unpaired) electrons. The number of alkyl halides is 3. The van der Waals surface area contributed by atoms with Crippen molar-refractivity contribution in [1.29, 1.82) is 0 Å². The zero-order valence-electron chi connectivity index (χ0n) is 17.1. The summed E-state index contributed by atoms with van der Waals surface area (Å²) in [5, 5.41) is 12.7. The van der Waals surface area contributed by atoms with Crippen molar-refractivity contribution in [2.75, 3.05) is 6.54 Å². The molecule has 1 aliphatic rings. The van der Waals surface area contributed by atoms with E-state index in [-0.39, 0.29) is 17.6 Å². The average molecular weight is 440 g/mol. The molecule has 0 saturated carbocycles. The highest BCUT2D eigenvalue weighted by atomic mass is 19.4. The summed E-state index contributed by atoms with van der Waals surface area (Å²) in [4.78, 5) is 15.2. The van der Waals surface area contributed by atoms with Crippen LogP contribution in [-0.2, 0) is 6.18 Å². The van der Waals surface area contributed by atoms with Crippen molar-refractivity contribution < 1.29 is 18.0 Å². The van der Waals surface area contributed by atoms with E-state index >= 15 is 0 Å². The molecule has 1 aromatic carbocycles. The van der Waals surface area contributed by atoms with Crippen molar-refractivity contribution in [2.24, 2.45) is 0 Å². The van der Waals surface area contributed by atoms with E-state index in [0.29, 0.717) is 29.3 Å². The lowest BCUT2D eigenvalue weighted by molar-refractivity contribution is -0.137. The summed E-state index contributed by atoms with van der Waals surface area (Å²) in [5.74, 6) is 0.463. The van der Waals surface area contributed by atoms with Crippen LogP contribution in [0.25, 0.3) is 11.3 Å². The van der Waals surface area contributed by atoms with Crippen LogP contribution in [0.15, 0.2) is 54.9 Å². The summed E-state index contributed by atoms with van der Waals surface area (Å²) < 4.78 is 42.6. The molecule has 4 aromatic rings. The number of halogens is 3. The van der Waals surface area contributed by atoms with E-state index in [1.54, 1.807) is 11.8 Å². The second-order valence-corrected chi connectivity index (χ2v) is 7.75. The molecule has 1 atom stereocenters. The summed E-state index contributed by atoms with van der Waals surface area (Å²) in [6.45, 7) is 2.23. The van der Waals surface area contributed by atoms with E-state index in [2.05, 4.69) is 15.3 Å². The van der Waals surface area contributed by atoms with E-state index in [1.807, 2.05) is 28.8 Å². The fraction of sp³-hybridized carbons (Fsp3) is 0.273. The van der Waals surface area contributed by atoms with Gasteiger partial charge < -0.3 is 4.90 Å². The van der Waals surface area contributed by atoms with Crippen molar-refractivity contribution in [3.8, 4) is 5.69 Å². The highest BCUT2D eigenvalue weighted by Gasteiger charge is 2.35. The Morgan fingerprint density at radius 3 is 2.78 bits per heavy atom. The molecule has 0 bridgehead atoms. The van der Waals surface area contributed by atoms with Gasteiger partial charge in [-0.05, 0) is 50.1 Å². The third-order valence-electron chi connectivity index (χ3n) is 5.81. The third-order valence-corrected chi connectivity index (χ3v) is 5.81. The average Bonchev–Trinajstić information content (AvgIpc) is 3.50. The van der Waals surface area contributed by atoms with E-state index in [4.69, 9.17) is 0 Å². The minimum atomic E-state index is -4.46. The Hall–Kier alpha value is -3.69. The van der Waals surface area contributed by atoms with Crippen LogP contribution in [0.5, 0.6) is 0 Å². The van der Waals surface area contributed by atoms with Gasteiger partial charge in [-0.15, -0.1) is 10.2 Å². The number of hydrogen-bond donors (Lipinski definition) is 0. The number of fused-ring (bicyclic) bond motifs is 1. The summed E-state index contributed by atoms with van der Waals surface area (Å²) in [5.41, 5.74) is 1.01. The molecule has 4 heterocycles. The first-order chi connectivity index (χ1) is 15.3. The minimum absolute atomic E-state index is 0.226. The molecule has 0 aliphatic carbocycles. The van der Waals surface area contributed by atoms with Gasteiger partial charge in [0.15, 0.2) is 11.5 Å². The van der Waals surface area contributed by atoms with Gasteiger partial charge in [0, 0.05) is 12.7 Å². The molecule has 0 spiro atoms. The molecule has 1 aliphatic heterocycles. The third kappa shape index (κ3) is 3.31. The van der Waals surface area contributed by atoms with Gasteiger partial charge >= 0.3 is 6.18 Å². The van der Waals surface area contributed by atoms with Gasteiger partial charge in [0.1, 0.15) is 0 Å². The standard InChI is InChI=1S/C22H19F3N6O/c1-14-17(13-26-31(14)16-7-4-6-15(12-16)22(23,24)25)21(32)29-11-5-8-18(29)20-28-27-19-9-2-3-10-30(19)20/h2-4,6-7,9-10,12-13,18H,5,8,11H2,1H3. The van der Waals surface area contributed by atoms with Gasteiger partial charge in [-0.1, -0.05) is 12.1 Å². The lowest BCUT2D eigenvalue weighted by Crippen LogP contribution is -2.31. The predicted octanol–water partition coefficient (Wildman–Crippen LogP) is 4.22. The normalized spacial score (nSPS) is 16.8. The van der Waals surface area contributed by atoms with Crippen LogP contribution in [0.2, 0.25) is 0 Å². The Kier molecular flexibility index (Phi) is 4.72. The van der Waals surface area contributed by atoms with Gasteiger partial charge in [0.05, 0.1) is 34.7 Å². The second-order valence-electron chi connectivity index (χ2n) is 7.75. The van der Waals surface area contributed by atoms with Crippen molar-refractivity contribution in [2.45, 2.75) is 32.0 Å². The fourth-order valence-corrected chi connectivity index (χ4v) is 4.21. The minimum Gasteiger partial charge on any atom is -0.328 e. The van der Waals surface area contributed by atoms with Gasteiger partial charge in [-0.3, -0.25) is 9.20 Å². The number of rotatable bonds is 3. The summed E-state index contributed by atoms with van der Waals surface area (Å²) in [6.07, 6.45) is 0.387. The molecule has 0 N–H and O–H groups in total. The Labute approximate surface area is 181 Å². The molecular weight excluding hydrogens is 421 g/mol. The summed E-state index contributed by atoms with van der Waals surface area (Å²) in [6, 6.07) is 10.2. The van der Waals surface area contributed by atoms with E-state index in [0.717, 1.165) is 25.0 Å². The van der Waals surface area contributed by atoms with Crippen LogP contribution in [-0.4, -0.2) is 41.7 Å². The topological polar surface area (TPSA) is 68.3 Å². The first kappa shape index (κ1) is 20.2. The van der Waals surface area contributed by atoms with Crippen molar-refractivity contribution in [3.63, 3.8) is 0 Å². The van der Waals surface area contributed by atoms with Crippen molar-refractivity contribution >= 4 is 11.6 Å². The number of aromatic nitrogens is 5. The van der Waals surface area contributed by atoms with E-state index in [1.165, 1.54) is 23.0 Å². The molecule has 3 aromatic heterocycles. The van der Waals surface area contributed by atoms with Gasteiger partial charge in [0.25, 0.3) is 5.91 Å². The molecule has 1 amide bonds. The first-order valence-corrected chi connectivity index (χ1v) is 10.2. The predicted molar refractivity (Wildman–Crippen MR) is 109 cm³/mol. The number of pyridine rings is 1. The molecular formula is C22H19F3N6O. The van der Waals surface area contributed by atoms with Crippen LogP contribution < -0.4 is 0 Å². The van der Waals surface area contributed by atoms with Gasteiger partial charge in [-0.2, -0.15) is 18.3 Å². The Bertz CT molecular complexity index is 1310. The maximum Gasteiger partial charge on any atom is 0.416 e. The molecule has 5 rings (SSSR count). The molecule has 10 heteroatoms. The zero-order valence-corrected chi connectivity index (χ0v) is 17.1. The van der Waals surface area contributed by atoms with Crippen molar-refractivity contribution in [3.05, 3.63) is 77.5 Å². The van der Waals surface area contributed by atoms with Gasteiger partial charge in [0.2, 0.25) is 0 Å². The van der Waals surface area contributed by atoms with Crippen LogP contribution >= 0.6 is 0 Å². The summed E-state index contributed by atoms with van der Waals surface area (Å²) >= 11 is 0. The number of hydrogen-bond acceptors (Lipinski definition) is 4. The molecule has 32 heavy (non-hydrogen) atoms. The van der Waals surface area contributed by atoms with E-state index < -0.39 is 11.7 Å². The highest BCUT2D eigenvalue weighted by molar-refractivity contribution is 5.95. The smallest absolute Gasteiger partial charge is 0.328 e. The number of carbonyl (C=O) groups excluding carboxylic acids is 1.